The van der Waals surface area contributed by atoms with Crippen LogP contribution in [-0.2, 0) is 0 Å². The van der Waals surface area contributed by atoms with Gasteiger partial charge in [-0.25, -0.2) is 0 Å². The Labute approximate surface area is 51.6 Å². The van der Waals surface area contributed by atoms with Crippen molar-refractivity contribution in [2.45, 2.75) is 19.8 Å². The van der Waals surface area contributed by atoms with Crippen molar-refractivity contribution in [3.63, 3.8) is 0 Å². The smallest absolute Gasteiger partial charge is 0.00915 e. The number of hydrogen-bond acceptors (Lipinski definition) is 0. The molecular weight excluding hydrogens is 96.1 g/mol. The highest BCUT2D eigenvalue weighted by Crippen LogP contribution is 2.03. The molecule has 1 atom stereocenters. The van der Waals surface area contributed by atoms with Gasteiger partial charge in [0, 0.05) is 6.42 Å². The maximum Gasteiger partial charge on any atom is 0.00915 e. The van der Waals surface area contributed by atoms with Gasteiger partial charge in [-0.2, -0.15) is 0 Å². The summed E-state index contributed by atoms with van der Waals surface area (Å²) in [6.07, 6.45) is 8.91. The topological polar surface area (TPSA) is 0 Å². The zero-order chi connectivity index (χ0) is 6.41. The van der Waals surface area contributed by atoms with Crippen LogP contribution in [0.5, 0.6) is 0 Å². The first kappa shape index (κ1) is 7.30. The van der Waals surface area contributed by atoms with Gasteiger partial charge in [0.1, 0.15) is 0 Å². The van der Waals surface area contributed by atoms with Crippen LogP contribution in [0.4, 0.5) is 0 Å². The molecule has 0 aromatic carbocycles. The summed E-state index contributed by atoms with van der Waals surface area (Å²) >= 11 is 0. The average Bonchev–Trinajstić information content (AvgIpc) is 1.83. The van der Waals surface area contributed by atoms with E-state index in [1.807, 2.05) is 6.08 Å². The zero-order valence-electron chi connectivity index (χ0n) is 5.35. The van der Waals surface area contributed by atoms with Crippen molar-refractivity contribution in [1.29, 1.82) is 0 Å². The number of allylic oxidation sites excluding steroid dienone is 1. The molecule has 0 aliphatic carbocycles. The number of hydrogen-bond donors (Lipinski definition) is 0. The van der Waals surface area contributed by atoms with Crippen LogP contribution in [0.1, 0.15) is 19.8 Å². The monoisotopic (exact) mass is 108 g/mol. The predicted octanol–water partition coefficient (Wildman–Crippen LogP) is 2.22. The molecule has 0 radical (unpaired) electrons. The van der Waals surface area contributed by atoms with Crippen LogP contribution in [0.3, 0.4) is 0 Å². The highest BCUT2D eigenvalue weighted by Gasteiger charge is 1.90. The Morgan fingerprint density at radius 3 is 2.88 bits per heavy atom. The van der Waals surface area contributed by atoms with Crippen molar-refractivity contribution in [2.24, 2.45) is 5.92 Å². The van der Waals surface area contributed by atoms with E-state index in [4.69, 9.17) is 6.42 Å². The molecule has 0 bridgehead atoms. The Morgan fingerprint density at radius 2 is 2.50 bits per heavy atom. The van der Waals surface area contributed by atoms with Gasteiger partial charge in [0.05, 0.1) is 0 Å². The second-order valence-corrected chi connectivity index (χ2v) is 1.96. The van der Waals surface area contributed by atoms with Crippen molar-refractivity contribution in [1.82, 2.24) is 0 Å². The largest absolute Gasteiger partial charge is 0.120 e. The SMILES string of the molecule is C#CCC[C@H](C)C=C. The summed E-state index contributed by atoms with van der Waals surface area (Å²) in [6.45, 7) is 5.76. The lowest BCUT2D eigenvalue weighted by Crippen LogP contribution is -1.85. The van der Waals surface area contributed by atoms with E-state index in [-0.39, 0.29) is 0 Å². The van der Waals surface area contributed by atoms with Gasteiger partial charge in [-0.3, -0.25) is 0 Å². The third kappa shape index (κ3) is 3.49. The molecule has 0 unspecified atom stereocenters. The summed E-state index contributed by atoms with van der Waals surface area (Å²) in [6, 6.07) is 0. The average molecular weight is 108 g/mol. The summed E-state index contributed by atoms with van der Waals surface area (Å²) < 4.78 is 0. The molecule has 0 aliphatic heterocycles. The summed E-state index contributed by atoms with van der Waals surface area (Å²) in [5.41, 5.74) is 0. The normalized spacial score (nSPS) is 12.0. The van der Waals surface area contributed by atoms with Gasteiger partial charge < -0.3 is 0 Å². The molecule has 0 saturated heterocycles. The molecule has 0 aromatic rings. The minimum Gasteiger partial charge on any atom is -0.120 e. The molecule has 44 valence electrons. The second-order valence-electron chi connectivity index (χ2n) is 1.96. The first-order valence-corrected chi connectivity index (χ1v) is 2.87. The van der Waals surface area contributed by atoms with Crippen molar-refractivity contribution < 1.29 is 0 Å². The van der Waals surface area contributed by atoms with E-state index >= 15 is 0 Å². The Kier molecular flexibility index (Phi) is 4.07. The van der Waals surface area contributed by atoms with Crippen molar-refractivity contribution in [3.8, 4) is 12.3 Å². The summed E-state index contributed by atoms with van der Waals surface area (Å²) in [5.74, 6) is 3.16. The summed E-state index contributed by atoms with van der Waals surface area (Å²) in [4.78, 5) is 0. The van der Waals surface area contributed by atoms with E-state index in [1.54, 1.807) is 0 Å². The molecule has 0 amide bonds. The summed E-state index contributed by atoms with van der Waals surface area (Å²) in [5, 5.41) is 0. The highest BCUT2D eigenvalue weighted by atomic mass is 14.0. The fourth-order valence-corrected chi connectivity index (χ4v) is 0.429. The predicted molar refractivity (Wildman–Crippen MR) is 37.4 cm³/mol. The van der Waals surface area contributed by atoms with Crippen LogP contribution in [-0.4, -0.2) is 0 Å². The second kappa shape index (κ2) is 4.46. The Bertz CT molecular complexity index is 95.1. The van der Waals surface area contributed by atoms with Crippen LogP contribution in [0.15, 0.2) is 12.7 Å². The van der Waals surface area contributed by atoms with Crippen molar-refractivity contribution in [2.75, 3.05) is 0 Å². The van der Waals surface area contributed by atoms with E-state index < -0.39 is 0 Å². The van der Waals surface area contributed by atoms with Gasteiger partial charge in [0.25, 0.3) is 0 Å². The van der Waals surface area contributed by atoms with Crippen LogP contribution in [0.2, 0.25) is 0 Å². The standard InChI is InChI=1S/C8H12/c1-4-6-7-8(3)5-2/h1,5,8H,2,6-7H2,3H3/t8-/m1/s1. The van der Waals surface area contributed by atoms with E-state index in [1.165, 1.54) is 0 Å². The molecule has 0 heterocycles. The van der Waals surface area contributed by atoms with E-state index in [9.17, 15) is 0 Å². The molecule has 0 saturated carbocycles. The molecule has 0 aromatic heterocycles. The minimum absolute atomic E-state index is 0.575. The van der Waals surface area contributed by atoms with Crippen LogP contribution >= 0.6 is 0 Å². The molecule has 0 heteroatoms. The van der Waals surface area contributed by atoms with E-state index in [2.05, 4.69) is 19.4 Å². The first-order valence-electron chi connectivity index (χ1n) is 2.87. The van der Waals surface area contributed by atoms with Crippen LogP contribution in [0.25, 0.3) is 0 Å². The van der Waals surface area contributed by atoms with Gasteiger partial charge >= 0.3 is 0 Å². The van der Waals surface area contributed by atoms with Gasteiger partial charge in [-0.15, -0.1) is 18.9 Å². The molecule has 0 nitrogen and oxygen atoms in total. The van der Waals surface area contributed by atoms with Gasteiger partial charge in [0.15, 0.2) is 0 Å². The molecular formula is C8H12. The molecule has 0 spiro atoms. The fourth-order valence-electron chi connectivity index (χ4n) is 0.429. The molecule has 0 N–H and O–H groups in total. The van der Waals surface area contributed by atoms with Crippen LogP contribution < -0.4 is 0 Å². The first-order chi connectivity index (χ1) is 3.81. The highest BCUT2D eigenvalue weighted by molar-refractivity contribution is 4.86. The zero-order valence-corrected chi connectivity index (χ0v) is 5.35. The Balaban J connectivity index is 3.13. The molecule has 0 rings (SSSR count). The third-order valence-electron chi connectivity index (χ3n) is 1.15. The molecule has 0 fully saturated rings. The quantitative estimate of drug-likeness (QED) is 0.384. The maximum absolute atomic E-state index is 5.05. The number of rotatable bonds is 3. The lowest BCUT2D eigenvalue weighted by atomic mass is 10.1. The van der Waals surface area contributed by atoms with Gasteiger partial charge in [0.2, 0.25) is 0 Å². The Hall–Kier alpha value is -0.700. The Morgan fingerprint density at radius 1 is 1.88 bits per heavy atom. The van der Waals surface area contributed by atoms with Crippen molar-refractivity contribution >= 4 is 0 Å². The molecule has 8 heavy (non-hydrogen) atoms. The van der Waals surface area contributed by atoms with Crippen LogP contribution in [0, 0.1) is 18.3 Å². The summed E-state index contributed by atoms with van der Waals surface area (Å²) in [7, 11) is 0. The van der Waals surface area contributed by atoms with E-state index in [0.717, 1.165) is 12.8 Å². The fraction of sp³-hybridized carbons (Fsp3) is 0.500. The maximum atomic E-state index is 5.05. The molecule has 0 aliphatic rings. The third-order valence-corrected chi connectivity index (χ3v) is 1.15. The minimum atomic E-state index is 0.575. The number of terminal acetylenes is 1. The van der Waals surface area contributed by atoms with Gasteiger partial charge in [-0.1, -0.05) is 13.0 Å². The van der Waals surface area contributed by atoms with Crippen molar-refractivity contribution in [3.05, 3.63) is 12.7 Å². The lowest BCUT2D eigenvalue weighted by molar-refractivity contribution is 0.667. The lowest BCUT2D eigenvalue weighted by Gasteiger charge is -1.98. The van der Waals surface area contributed by atoms with E-state index in [0.29, 0.717) is 5.92 Å². The van der Waals surface area contributed by atoms with Gasteiger partial charge in [-0.05, 0) is 12.3 Å².